The molecule has 0 spiro atoms. The Hall–Kier alpha value is -2.34. The Bertz CT molecular complexity index is 646. The van der Waals surface area contributed by atoms with Crippen molar-refractivity contribution in [3.8, 4) is 0 Å². The molecule has 0 fully saturated rings. The van der Waals surface area contributed by atoms with Crippen LogP contribution in [0.4, 0.5) is 16.2 Å². The van der Waals surface area contributed by atoms with E-state index in [-0.39, 0.29) is 4.90 Å². The average molecular weight is 276 g/mol. The van der Waals surface area contributed by atoms with Crippen LogP contribution in [0.3, 0.4) is 0 Å². The number of hydrogen-bond acceptors (Lipinski definition) is 3. The zero-order valence-electron chi connectivity index (χ0n) is 9.87. The van der Waals surface area contributed by atoms with E-state index in [0.29, 0.717) is 11.4 Å². The fourth-order valence-corrected chi connectivity index (χ4v) is 1.96. The Morgan fingerprint density at radius 3 is 2.16 bits per heavy atom. The van der Waals surface area contributed by atoms with Crippen LogP contribution in [0.5, 0.6) is 0 Å². The number of rotatable bonds is 3. The average Bonchev–Trinajstić information content (AvgIpc) is 2.40. The van der Waals surface area contributed by atoms with Gasteiger partial charge in [-0.15, -0.1) is 0 Å². The number of benzene rings is 2. The lowest BCUT2D eigenvalue weighted by molar-refractivity contribution is 0.262. The van der Waals surface area contributed by atoms with Crippen molar-refractivity contribution in [2.45, 2.75) is 4.90 Å². The maximum Gasteiger partial charge on any atom is 0.323 e. The van der Waals surface area contributed by atoms with E-state index in [0.717, 1.165) is 0 Å². The normalized spacial score (nSPS) is 10.2. The molecule has 2 aromatic carbocycles. The summed E-state index contributed by atoms with van der Waals surface area (Å²) >= 11 is 0. The lowest BCUT2D eigenvalue weighted by atomic mass is 10.3. The summed E-state index contributed by atoms with van der Waals surface area (Å²) in [6.45, 7) is 0. The van der Waals surface area contributed by atoms with Crippen molar-refractivity contribution in [1.29, 1.82) is 0 Å². The van der Waals surface area contributed by atoms with Gasteiger partial charge in [0.1, 0.15) is 0 Å². The van der Waals surface area contributed by atoms with Crippen molar-refractivity contribution in [2.75, 3.05) is 10.6 Å². The van der Waals surface area contributed by atoms with Crippen LogP contribution in [0, 0.1) is 0 Å². The Labute approximate surface area is 112 Å². The van der Waals surface area contributed by atoms with Gasteiger partial charge in [0.2, 0.25) is 0 Å². The number of carbonyl (C=O) groups excluding carboxylic acids is 1. The molecule has 19 heavy (non-hydrogen) atoms. The first-order chi connectivity index (χ1) is 9.15. The largest absolute Gasteiger partial charge is 0.323 e. The quantitative estimate of drug-likeness (QED) is 0.753. The smallest absolute Gasteiger partial charge is 0.308 e. The molecule has 0 saturated heterocycles. The van der Waals surface area contributed by atoms with Gasteiger partial charge in [-0.1, -0.05) is 24.3 Å². The summed E-state index contributed by atoms with van der Waals surface area (Å²) in [5, 5.41) is 5.21. The molecule has 0 atom stereocenters. The van der Waals surface area contributed by atoms with Crippen molar-refractivity contribution in [3.63, 3.8) is 0 Å². The van der Waals surface area contributed by atoms with Gasteiger partial charge in [-0.2, -0.15) is 0 Å². The highest BCUT2D eigenvalue weighted by molar-refractivity contribution is 7.72. The van der Waals surface area contributed by atoms with E-state index in [2.05, 4.69) is 10.6 Å². The molecule has 6 heteroatoms. The van der Waals surface area contributed by atoms with Crippen LogP contribution < -0.4 is 10.6 Å². The monoisotopic (exact) mass is 276 g/mol. The molecule has 0 aliphatic rings. The summed E-state index contributed by atoms with van der Waals surface area (Å²) in [6.07, 6.45) is 0. The van der Waals surface area contributed by atoms with Crippen LogP contribution in [0.2, 0.25) is 0 Å². The molecule has 2 amide bonds. The molecule has 0 bridgehead atoms. The highest BCUT2D eigenvalue weighted by atomic mass is 32.2. The van der Waals surface area contributed by atoms with Crippen molar-refractivity contribution >= 4 is 28.1 Å². The van der Waals surface area contributed by atoms with Gasteiger partial charge in [0.15, 0.2) is 10.7 Å². The van der Waals surface area contributed by atoms with E-state index in [9.17, 15) is 13.2 Å². The molecule has 2 aromatic rings. The Balaban J connectivity index is 2.05. The zero-order valence-corrected chi connectivity index (χ0v) is 10.8. The summed E-state index contributed by atoms with van der Waals surface area (Å²) in [7, 11) is -2.66. The number of carbonyl (C=O) groups is 1. The fourth-order valence-electron chi connectivity index (χ4n) is 1.51. The fraction of sp³-hybridized carbons (Fsp3) is 0. The van der Waals surface area contributed by atoms with Crippen LogP contribution in [0.15, 0.2) is 59.5 Å². The minimum atomic E-state index is -2.66. The molecule has 0 aliphatic heterocycles. The van der Waals surface area contributed by atoms with Gasteiger partial charge in [-0.25, -0.2) is 13.2 Å². The maximum absolute atomic E-state index is 11.7. The third-order valence-electron chi connectivity index (χ3n) is 2.35. The third-order valence-corrected chi connectivity index (χ3v) is 3.05. The van der Waals surface area contributed by atoms with Gasteiger partial charge in [-0.05, 0) is 30.3 Å². The van der Waals surface area contributed by atoms with Gasteiger partial charge in [-0.3, -0.25) is 0 Å². The second kappa shape index (κ2) is 6.01. The minimum Gasteiger partial charge on any atom is -0.308 e. The topological polar surface area (TPSA) is 75.3 Å². The third kappa shape index (κ3) is 3.82. The van der Waals surface area contributed by atoms with Crippen LogP contribution in [0.1, 0.15) is 0 Å². The summed E-state index contributed by atoms with van der Waals surface area (Å²) in [4.78, 5) is 11.8. The first-order valence-corrected chi connectivity index (χ1v) is 6.70. The molecule has 2 N–H and O–H groups in total. The van der Waals surface area contributed by atoms with E-state index in [1.165, 1.54) is 12.1 Å². The van der Waals surface area contributed by atoms with Gasteiger partial charge in [0.05, 0.1) is 4.90 Å². The second-order valence-electron chi connectivity index (χ2n) is 3.75. The lowest BCUT2D eigenvalue weighted by Gasteiger charge is -2.07. The first kappa shape index (κ1) is 13.1. The first-order valence-electron chi connectivity index (χ1n) is 5.52. The molecule has 0 radical (unpaired) electrons. The maximum atomic E-state index is 11.7. The highest BCUT2D eigenvalue weighted by Crippen LogP contribution is 2.12. The number of nitrogens with one attached hydrogen (secondary N) is 2. The van der Waals surface area contributed by atoms with Crippen LogP contribution in [-0.2, 0) is 10.7 Å². The molecule has 0 aliphatic carbocycles. The Kier molecular flexibility index (Phi) is 4.15. The van der Waals surface area contributed by atoms with Crippen molar-refractivity contribution < 1.29 is 13.2 Å². The summed E-state index contributed by atoms with van der Waals surface area (Å²) in [5.74, 6) is 0. The molecule has 0 aromatic heterocycles. The van der Waals surface area contributed by atoms with Crippen LogP contribution in [-0.4, -0.2) is 14.4 Å². The van der Waals surface area contributed by atoms with Gasteiger partial charge in [0.25, 0.3) is 0 Å². The number of hydrogen-bond donors (Lipinski definition) is 3. The molecule has 0 saturated carbocycles. The summed E-state index contributed by atoms with van der Waals surface area (Å²) in [6, 6.07) is 14.6. The molecule has 0 unspecified atom stereocenters. The number of para-hydroxylation sites is 1. The Morgan fingerprint density at radius 1 is 0.842 bits per heavy atom. The van der Waals surface area contributed by atoms with Gasteiger partial charge < -0.3 is 10.6 Å². The zero-order chi connectivity index (χ0) is 13.7. The lowest BCUT2D eigenvalue weighted by Crippen LogP contribution is -2.19. The molecular weight excluding hydrogens is 264 g/mol. The van der Waals surface area contributed by atoms with E-state index in [4.69, 9.17) is 0 Å². The predicted octanol–water partition coefficient (Wildman–Crippen LogP) is 2.30. The number of urea groups is 1. The summed E-state index contributed by atoms with van der Waals surface area (Å²) in [5.41, 5.74) is 1.08. The molecule has 5 nitrogen and oxygen atoms in total. The molecule has 2 rings (SSSR count). The van der Waals surface area contributed by atoms with Crippen molar-refractivity contribution in [2.24, 2.45) is 0 Å². The van der Waals surface area contributed by atoms with Gasteiger partial charge in [0, 0.05) is 11.4 Å². The van der Waals surface area contributed by atoms with Crippen molar-refractivity contribution in [3.05, 3.63) is 54.6 Å². The number of anilines is 2. The number of thiol groups is 1. The number of amides is 2. The van der Waals surface area contributed by atoms with E-state index < -0.39 is 16.7 Å². The van der Waals surface area contributed by atoms with Crippen LogP contribution in [0.25, 0.3) is 0 Å². The van der Waals surface area contributed by atoms with Gasteiger partial charge >= 0.3 is 6.03 Å². The SMILES string of the molecule is O=C(Nc1ccccc1)Nc1cccc([SH](=O)=O)c1. The standard InChI is InChI=1S/C13H12N2O3S/c16-13(14-10-5-2-1-3-6-10)15-11-7-4-8-12(9-11)19(17)18/h1-9,19H,(H2,14,15,16). The minimum absolute atomic E-state index is 0.160. The Morgan fingerprint density at radius 2 is 1.47 bits per heavy atom. The predicted molar refractivity (Wildman–Crippen MR) is 74.1 cm³/mol. The van der Waals surface area contributed by atoms with Crippen LogP contribution >= 0.6 is 0 Å². The van der Waals surface area contributed by atoms with E-state index >= 15 is 0 Å². The molecule has 98 valence electrons. The van der Waals surface area contributed by atoms with Crippen molar-refractivity contribution in [1.82, 2.24) is 0 Å². The highest BCUT2D eigenvalue weighted by Gasteiger charge is 2.03. The molecular formula is C13H12N2O3S. The van der Waals surface area contributed by atoms with E-state index in [1.807, 2.05) is 6.07 Å². The summed E-state index contributed by atoms with van der Waals surface area (Å²) < 4.78 is 21.7. The molecule has 0 heterocycles. The second-order valence-corrected chi connectivity index (χ2v) is 4.78. The van der Waals surface area contributed by atoms with E-state index in [1.54, 1.807) is 36.4 Å².